The van der Waals surface area contributed by atoms with E-state index in [1.807, 2.05) is 80.6 Å². The normalized spacial score (nSPS) is 11.7. The van der Waals surface area contributed by atoms with Gasteiger partial charge in [0.25, 0.3) is 5.91 Å². The van der Waals surface area contributed by atoms with E-state index in [9.17, 15) is 9.59 Å². The molecule has 0 fully saturated rings. The van der Waals surface area contributed by atoms with E-state index in [1.165, 1.54) is 0 Å². The van der Waals surface area contributed by atoms with Crippen molar-refractivity contribution in [2.75, 3.05) is 12.4 Å². The van der Waals surface area contributed by atoms with Crippen LogP contribution in [0.5, 0.6) is 5.75 Å². The van der Waals surface area contributed by atoms with Gasteiger partial charge in [0.1, 0.15) is 11.8 Å². The van der Waals surface area contributed by atoms with E-state index in [4.69, 9.17) is 4.74 Å². The van der Waals surface area contributed by atoms with Crippen molar-refractivity contribution in [2.45, 2.75) is 26.4 Å². The van der Waals surface area contributed by atoms with Gasteiger partial charge >= 0.3 is 0 Å². The maximum absolute atomic E-state index is 13.8. The van der Waals surface area contributed by atoms with Gasteiger partial charge in [0.15, 0.2) is 0 Å². The Bertz CT molecular complexity index is 1120. The van der Waals surface area contributed by atoms with E-state index in [2.05, 4.69) is 50.5 Å². The molecule has 5 nitrogen and oxygen atoms in total. The number of ether oxygens (including phenoxy) is 1. The molecule has 3 rings (SSSR count). The van der Waals surface area contributed by atoms with Crippen LogP contribution < -0.4 is 10.1 Å². The lowest BCUT2D eigenvalue weighted by Crippen LogP contribution is -2.50. The highest BCUT2D eigenvalue weighted by molar-refractivity contribution is 14.1. The Kier molecular flexibility index (Phi) is 9.13. The molecular formula is C26H26I2N2O3. The summed E-state index contributed by atoms with van der Waals surface area (Å²) in [6.07, 6.45) is 0. The quantitative estimate of drug-likeness (QED) is 0.291. The first-order valence-electron chi connectivity index (χ1n) is 10.6. The van der Waals surface area contributed by atoms with Gasteiger partial charge in [-0.25, -0.2) is 0 Å². The predicted molar refractivity (Wildman–Crippen MR) is 148 cm³/mol. The van der Waals surface area contributed by atoms with Crippen LogP contribution in [0.25, 0.3) is 0 Å². The van der Waals surface area contributed by atoms with Gasteiger partial charge in [0.05, 0.1) is 18.4 Å². The Morgan fingerprint density at radius 3 is 2.09 bits per heavy atom. The largest absolute Gasteiger partial charge is 0.497 e. The molecule has 0 saturated carbocycles. The fraction of sp³-hybridized carbons (Fsp3) is 0.231. The van der Waals surface area contributed by atoms with Crippen LogP contribution in [0.2, 0.25) is 0 Å². The summed E-state index contributed by atoms with van der Waals surface area (Å²) < 4.78 is 7.05. The molecule has 1 N–H and O–H groups in total. The first kappa shape index (κ1) is 25.5. The molecule has 0 spiro atoms. The molecule has 1 atom stereocenters. The van der Waals surface area contributed by atoms with Crippen molar-refractivity contribution < 1.29 is 14.3 Å². The lowest BCUT2D eigenvalue weighted by atomic mass is 9.99. The number of halogens is 2. The SMILES string of the molecule is COc1ccc(CN(C(=O)c2ccccc2I)C(C(=O)Nc2ccccc2I)C(C)C)cc1. The molecule has 0 aliphatic carbocycles. The second kappa shape index (κ2) is 11.8. The van der Waals surface area contributed by atoms with Gasteiger partial charge in [-0.05, 0) is 93.1 Å². The zero-order valence-electron chi connectivity index (χ0n) is 18.7. The fourth-order valence-corrected chi connectivity index (χ4v) is 4.73. The number of hydrogen-bond acceptors (Lipinski definition) is 3. The predicted octanol–water partition coefficient (Wildman–Crippen LogP) is 6.21. The number of nitrogens with one attached hydrogen (secondary N) is 1. The van der Waals surface area contributed by atoms with Gasteiger partial charge in [-0.15, -0.1) is 0 Å². The average Bonchev–Trinajstić information content (AvgIpc) is 2.80. The molecule has 33 heavy (non-hydrogen) atoms. The summed E-state index contributed by atoms with van der Waals surface area (Å²) >= 11 is 4.36. The Morgan fingerprint density at radius 2 is 1.52 bits per heavy atom. The van der Waals surface area contributed by atoms with Crippen LogP contribution in [-0.2, 0) is 11.3 Å². The zero-order chi connectivity index (χ0) is 24.0. The number of carbonyl (C=O) groups is 2. The third-order valence-electron chi connectivity index (χ3n) is 5.24. The molecule has 3 aromatic rings. The third kappa shape index (κ3) is 6.47. The molecule has 1 unspecified atom stereocenters. The monoisotopic (exact) mass is 668 g/mol. The van der Waals surface area contributed by atoms with Gasteiger partial charge in [0.2, 0.25) is 5.91 Å². The molecule has 0 bridgehead atoms. The minimum absolute atomic E-state index is 0.102. The van der Waals surface area contributed by atoms with E-state index in [-0.39, 0.29) is 17.7 Å². The highest BCUT2D eigenvalue weighted by Crippen LogP contribution is 2.25. The number of nitrogens with zero attached hydrogens (tertiary/aromatic N) is 1. The van der Waals surface area contributed by atoms with Crippen molar-refractivity contribution >= 4 is 62.7 Å². The molecule has 172 valence electrons. The van der Waals surface area contributed by atoms with Crippen molar-refractivity contribution in [3.63, 3.8) is 0 Å². The fourth-order valence-electron chi connectivity index (χ4n) is 3.59. The molecule has 0 radical (unpaired) electrons. The van der Waals surface area contributed by atoms with Crippen LogP contribution in [-0.4, -0.2) is 29.9 Å². The van der Waals surface area contributed by atoms with Crippen LogP contribution in [0.1, 0.15) is 29.8 Å². The summed E-state index contributed by atoms with van der Waals surface area (Å²) in [5.41, 5.74) is 2.24. The topological polar surface area (TPSA) is 58.6 Å². The Morgan fingerprint density at radius 1 is 0.909 bits per heavy atom. The molecule has 0 saturated heterocycles. The van der Waals surface area contributed by atoms with E-state index >= 15 is 0 Å². The van der Waals surface area contributed by atoms with Crippen molar-refractivity contribution in [1.29, 1.82) is 0 Å². The number of benzene rings is 3. The minimum Gasteiger partial charge on any atom is -0.497 e. The highest BCUT2D eigenvalue weighted by Gasteiger charge is 2.34. The maximum Gasteiger partial charge on any atom is 0.255 e. The number of hydrogen-bond donors (Lipinski definition) is 1. The van der Waals surface area contributed by atoms with Crippen LogP contribution in [0.3, 0.4) is 0 Å². The second-order valence-corrected chi connectivity index (χ2v) is 10.2. The van der Waals surface area contributed by atoms with Crippen LogP contribution in [0, 0.1) is 13.1 Å². The van der Waals surface area contributed by atoms with E-state index in [1.54, 1.807) is 18.1 Å². The van der Waals surface area contributed by atoms with Gasteiger partial charge in [-0.2, -0.15) is 0 Å². The number of rotatable bonds is 8. The summed E-state index contributed by atoms with van der Waals surface area (Å²) in [7, 11) is 1.62. The number of anilines is 1. The van der Waals surface area contributed by atoms with Crippen LogP contribution >= 0.6 is 45.2 Å². The number of carbonyl (C=O) groups excluding carboxylic acids is 2. The average molecular weight is 668 g/mol. The summed E-state index contributed by atoms with van der Waals surface area (Å²) in [5, 5.41) is 3.03. The number of methoxy groups -OCH3 is 1. The van der Waals surface area contributed by atoms with Gasteiger partial charge < -0.3 is 15.0 Å². The number of para-hydroxylation sites is 1. The molecule has 0 aliphatic rings. The summed E-state index contributed by atoms with van der Waals surface area (Å²) in [6, 6.07) is 22.0. The molecule has 7 heteroatoms. The van der Waals surface area contributed by atoms with E-state index < -0.39 is 6.04 Å². The molecule has 2 amide bonds. The van der Waals surface area contributed by atoms with E-state index in [0.29, 0.717) is 12.1 Å². The molecular weight excluding hydrogens is 642 g/mol. The lowest BCUT2D eigenvalue weighted by molar-refractivity contribution is -0.122. The standard InChI is InChI=1S/C26H26I2N2O3/c1-17(2)24(25(31)29-23-11-7-6-10-22(23)28)30(16-18-12-14-19(33-3)15-13-18)26(32)20-8-4-5-9-21(20)27/h4-15,17,24H,16H2,1-3H3,(H,29,31). The van der Waals surface area contributed by atoms with Gasteiger partial charge in [-0.3, -0.25) is 9.59 Å². The first-order valence-corrected chi connectivity index (χ1v) is 12.7. The Balaban J connectivity index is 1.99. The molecule has 0 heterocycles. The smallest absolute Gasteiger partial charge is 0.255 e. The van der Waals surface area contributed by atoms with Crippen molar-refractivity contribution in [1.82, 2.24) is 4.90 Å². The summed E-state index contributed by atoms with van der Waals surface area (Å²) in [5.74, 6) is 0.260. The zero-order valence-corrected chi connectivity index (χ0v) is 23.0. The Hall–Kier alpha value is -2.14. The second-order valence-electron chi connectivity index (χ2n) is 7.92. The van der Waals surface area contributed by atoms with Crippen LogP contribution in [0.4, 0.5) is 5.69 Å². The van der Waals surface area contributed by atoms with E-state index in [0.717, 1.165) is 24.1 Å². The van der Waals surface area contributed by atoms with Crippen LogP contribution in [0.15, 0.2) is 72.8 Å². The third-order valence-corrected chi connectivity index (χ3v) is 7.13. The molecule has 0 aromatic heterocycles. The van der Waals surface area contributed by atoms with Gasteiger partial charge in [0, 0.05) is 13.7 Å². The number of amides is 2. The first-order chi connectivity index (χ1) is 15.8. The minimum atomic E-state index is -0.661. The lowest BCUT2D eigenvalue weighted by Gasteiger charge is -2.34. The van der Waals surface area contributed by atoms with Crippen molar-refractivity contribution in [3.8, 4) is 5.75 Å². The molecule has 0 aliphatic heterocycles. The van der Waals surface area contributed by atoms with Gasteiger partial charge in [-0.1, -0.05) is 50.2 Å². The molecule has 3 aromatic carbocycles. The van der Waals surface area contributed by atoms with Crippen molar-refractivity contribution in [2.24, 2.45) is 5.92 Å². The Labute approximate surface area is 222 Å². The summed E-state index contributed by atoms with van der Waals surface area (Å²) in [6.45, 7) is 4.23. The maximum atomic E-state index is 13.8. The van der Waals surface area contributed by atoms with Crippen molar-refractivity contribution in [3.05, 3.63) is 91.1 Å². The highest BCUT2D eigenvalue weighted by atomic mass is 127. The summed E-state index contributed by atoms with van der Waals surface area (Å²) in [4.78, 5) is 29.0.